The van der Waals surface area contributed by atoms with Crippen molar-refractivity contribution in [3.63, 3.8) is 0 Å². The van der Waals surface area contributed by atoms with Crippen LogP contribution in [-0.4, -0.2) is 23.3 Å². The maximum absolute atomic E-state index is 12.1. The first-order valence-electron chi connectivity index (χ1n) is 10.4. The molecule has 1 aromatic carbocycles. The van der Waals surface area contributed by atoms with E-state index in [4.69, 9.17) is 5.11 Å². The molecule has 0 fully saturated rings. The van der Waals surface area contributed by atoms with Gasteiger partial charge in [-0.15, -0.1) is 11.8 Å². The first-order valence-corrected chi connectivity index (χ1v) is 10.4. The Bertz CT molecular complexity index is 645. The summed E-state index contributed by atoms with van der Waals surface area (Å²) < 4.78 is 36.3. The highest BCUT2D eigenvalue weighted by atomic mass is 19.4. The molecular weight excluding hydrogens is 379 g/mol. The number of carboxylic acid groups (broad SMARTS) is 1. The molecule has 0 bridgehead atoms. The quantitative estimate of drug-likeness (QED) is 0.270. The van der Waals surface area contributed by atoms with Gasteiger partial charge in [0.2, 0.25) is 0 Å². The molecule has 2 N–H and O–H groups in total. The molecule has 0 heterocycles. The van der Waals surface area contributed by atoms with Crippen LogP contribution in [0.15, 0.2) is 24.3 Å². The molecule has 1 unspecified atom stereocenters. The van der Waals surface area contributed by atoms with Crippen LogP contribution in [0.3, 0.4) is 0 Å². The molecule has 3 nitrogen and oxygen atoms in total. The number of rotatable bonds is 13. The van der Waals surface area contributed by atoms with Gasteiger partial charge >= 0.3 is 12.1 Å². The highest BCUT2D eigenvalue weighted by Gasteiger charge is 2.25. The summed E-state index contributed by atoms with van der Waals surface area (Å²) in [5, 5.41) is 12.5. The molecule has 0 radical (unpaired) electrons. The third-order valence-electron chi connectivity index (χ3n) is 4.66. The molecule has 1 aromatic rings. The summed E-state index contributed by atoms with van der Waals surface area (Å²) in [6.45, 7) is 2.17. The summed E-state index contributed by atoms with van der Waals surface area (Å²) in [6.07, 6.45) is 3.52. The van der Waals surface area contributed by atoms with Crippen molar-refractivity contribution in [2.45, 2.75) is 89.8 Å². The van der Waals surface area contributed by atoms with Gasteiger partial charge in [0.15, 0.2) is 0 Å². The van der Waals surface area contributed by atoms with E-state index in [9.17, 15) is 18.0 Å². The topological polar surface area (TPSA) is 49.3 Å². The molecule has 0 saturated carbocycles. The van der Waals surface area contributed by atoms with Crippen LogP contribution >= 0.6 is 0 Å². The molecule has 29 heavy (non-hydrogen) atoms. The highest BCUT2D eigenvalue weighted by Crippen LogP contribution is 2.22. The normalized spacial score (nSPS) is 12.1. The molecule has 0 amide bonds. The zero-order chi connectivity index (χ0) is 21.5. The Morgan fingerprint density at radius 2 is 1.69 bits per heavy atom. The summed E-state index contributed by atoms with van der Waals surface area (Å²) >= 11 is 0. The Morgan fingerprint density at radius 1 is 1.00 bits per heavy atom. The van der Waals surface area contributed by atoms with Crippen LogP contribution in [0.2, 0.25) is 0 Å². The lowest BCUT2D eigenvalue weighted by Gasteiger charge is -2.19. The number of carboxylic acids is 1. The Kier molecular flexibility index (Phi) is 11.9. The lowest BCUT2D eigenvalue weighted by Crippen LogP contribution is -2.19. The van der Waals surface area contributed by atoms with Crippen molar-refractivity contribution < 1.29 is 23.1 Å². The van der Waals surface area contributed by atoms with Gasteiger partial charge in [0.05, 0.1) is 5.56 Å². The van der Waals surface area contributed by atoms with Gasteiger partial charge in [-0.1, -0.05) is 32.6 Å². The molecule has 0 spiro atoms. The summed E-state index contributed by atoms with van der Waals surface area (Å²) in [6, 6.07) is 6.95. The third kappa shape index (κ3) is 12.8. The van der Waals surface area contributed by atoms with Crippen LogP contribution in [0.25, 0.3) is 0 Å². The lowest BCUT2D eigenvalue weighted by molar-refractivity contribution is -0.135. The van der Waals surface area contributed by atoms with Gasteiger partial charge in [0, 0.05) is 31.0 Å². The number of hydrogen-bond donors (Lipinski definition) is 2. The zero-order valence-electron chi connectivity index (χ0n) is 17.2. The van der Waals surface area contributed by atoms with E-state index in [2.05, 4.69) is 24.1 Å². The van der Waals surface area contributed by atoms with Gasteiger partial charge in [0.1, 0.15) is 0 Å². The first kappa shape index (κ1) is 24.9. The molecule has 162 valence electrons. The monoisotopic (exact) mass is 411 g/mol. The number of carbonyl (C=O) groups is 1. The molecule has 1 rings (SSSR count). The Labute approximate surface area is 172 Å². The number of benzene rings is 1. The van der Waals surface area contributed by atoms with Crippen molar-refractivity contribution in [2.24, 2.45) is 0 Å². The zero-order valence-corrected chi connectivity index (χ0v) is 17.2. The molecule has 0 aliphatic carbocycles. The second-order valence-corrected chi connectivity index (χ2v) is 7.29. The molecular formula is C23H32F3NO2. The van der Waals surface area contributed by atoms with Gasteiger partial charge in [-0.2, -0.15) is 13.2 Å². The van der Waals surface area contributed by atoms with E-state index in [1.54, 1.807) is 24.3 Å². The van der Waals surface area contributed by atoms with Crippen LogP contribution < -0.4 is 5.32 Å². The summed E-state index contributed by atoms with van der Waals surface area (Å²) in [4.78, 5) is 11.0. The van der Waals surface area contributed by atoms with Gasteiger partial charge in [-0.3, -0.25) is 0 Å². The maximum Gasteiger partial charge on any atom is 0.389 e. The van der Waals surface area contributed by atoms with Crippen LogP contribution in [0.4, 0.5) is 18.9 Å². The molecule has 0 saturated heterocycles. The maximum atomic E-state index is 12.1. The van der Waals surface area contributed by atoms with Gasteiger partial charge in [0.25, 0.3) is 0 Å². The minimum atomic E-state index is -4.08. The number of aromatic carboxylic acids is 1. The van der Waals surface area contributed by atoms with E-state index in [1.165, 1.54) is 19.3 Å². The number of alkyl halides is 3. The summed E-state index contributed by atoms with van der Waals surface area (Å²) in [5.41, 5.74) is 1.14. The minimum absolute atomic E-state index is 0.131. The van der Waals surface area contributed by atoms with Crippen molar-refractivity contribution in [3.05, 3.63) is 29.8 Å². The number of halogens is 3. The predicted molar refractivity (Wildman–Crippen MR) is 111 cm³/mol. The number of nitrogens with one attached hydrogen (secondary N) is 1. The van der Waals surface area contributed by atoms with E-state index in [-0.39, 0.29) is 18.0 Å². The minimum Gasteiger partial charge on any atom is -0.478 e. The summed E-state index contributed by atoms with van der Waals surface area (Å²) in [7, 11) is 0. The molecule has 1 atom stereocenters. The fraction of sp³-hybridized carbons (Fsp3) is 0.609. The van der Waals surface area contributed by atoms with Crippen LogP contribution in [0, 0.1) is 11.8 Å². The van der Waals surface area contributed by atoms with Gasteiger partial charge in [-0.25, -0.2) is 4.79 Å². The number of anilines is 1. The van der Waals surface area contributed by atoms with Crippen molar-refractivity contribution in [2.75, 3.05) is 5.32 Å². The van der Waals surface area contributed by atoms with Crippen molar-refractivity contribution >= 4 is 11.7 Å². The molecule has 0 aromatic heterocycles. The molecule has 0 aliphatic heterocycles. The van der Waals surface area contributed by atoms with Crippen molar-refractivity contribution in [1.82, 2.24) is 0 Å². The predicted octanol–water partition coefficient (Wildman–Crippen LogP) is 7.04. The second-order valence-electron chi connectivity index (χ2n) is 7.29. The second kappa shape index (κ2) is 13.9. The van der Waals surface area contributed by atoms with E-state index in [1.807, 2.05) is 0 Å². The molecule has 0 aliphatic rings. The standard InChI is InChI=1S/C23H32F3NO2/c1-2-3-4-9-12-20(27-21-16-14-19(15-17-21)22(28)29)13-10-7-5-6-8-11-18-23(24,25)26/h14-17,20,27H,2-4,6,8-13,18H2,1H3,(H,28,29). The number of hydrogen-bond acceptors (Lipinski definition) is 2. The van der Waals surface area contributed by atoms with Crippen LogP contribution in [0.1, 0.15) is 87.9 Å². The third-order valence-corrected chi connectivity index (χ3v) is 4.66. The smallest absolute Gasteiger partial charge is 0.389 e. The van der Waals surface area contributed by atoms with Crippen LogP contribution in [0.5, 0.6) is 0 Å². The lowest BCUT2D eigenvalue weighted by atomic mass is 10.0. The fourth-order valence-corrected chi connectivity index (χ4v) is 3.01. The Morgan fingerprint density at radius 3 is 2.31 bits per heavy atom. The van der Waals surface area contributed by atoms with E-state index in [0.717, 1.165) is 24.9 Å². The summed E-state index contributed by atoms with van der Waals surface area (Å²) in [5.74, 6) is 5.11. The van der Waals surface area contributed by atoms with Crippen molar-refractivity contribution in [1.29, 1.82) is 0 Å². The molecule has 6 heteroatoms. The Balaban J connectivity index is 2.44. The fourth-order valence-electron chi connectivity index (χ4n) is 3.01. The average Bonchev–Trinajstić information content (AvgIpc) is 2.66. The van der Waals surface area contributed by atoms with E-state index in [0.29, 0.717) is 19.3 Å². The Hall–Kier alpha value is -2.16. The van der Waals surface area contributed by atoms with Gasteiger partial charge < -0.3 is 10.4 Å². The largest absolute Gasteiger partial charge is 0.478 e. The van der Waals surface area contributed by atoms with E-state index >= 15 is 0 Å². The highest BCUT2D eigenvalue weighted by molar-refractivity contribution is 5.88. The average molecular weight is 412 g/mol. The van der Waals surface area contributed by atoms with Crippen molar-refractivity contribution in [3.8, 4) is 11.8 Å². The van der Waals surface area contributed by atoms with Crippen LogP contribution in [-0.2, 0) is 0 Å². The number of unbranched alkanes of at least 4 members (excludes halogenated alkanes) is 5. The first-order chi connectivity index (χ1) is 13.8. The van der Waals surface area contributed by atoms with E-state index < -0.39 is 18.6 Å². The van der Waals surface area contributed by atoms with Gasteiger partial charge in [-0.05, 0) is 49.9 Å². The SMILES string of the molecule is CCCCCCC(CCC#CCCCCC(F)(F)F)Nc1ccc(C(=O)O)cc1.